The first-order chi connectivity index (χ1) is 13.1. The van der Waals surface area contributed by atoms with Gasteiger partial charge in [-0.25, -0.2) is 0 Å². The highest BCUT2D eigenvalue weighted by Gasteiger charge is 2.27. The first-order valence-corrected chi connectivity index (χ1v) is 10.0. The summed E-state index contributed by atoms with van der Waals surface area (Å²) < 4.78 is 16.9. The zero-order valence-corrected chi connectivity index (χ0v) is 16.6. The zero-order chi connectivity index (χ0) is 19.2. The van der Waals surface area contributed by atoms with Gasteiger partial charge in [0.05, 0.1) is 32.0 Å². The van der Waals surface area contributed by atoms with Crippen molar-refractivity contribution >= 4 is 17.7 Å². The average Bonchev–Trinajstić information content (AvgIpc) is 2.72. The van der Waals surface area contributed by atoms with E-state index < -0.39 is 0 Å². The third-order valence-corrected chi connectivity index (χ3v) is 5.11. The summed E-state index contributed by atoms with van der Waals surface area (Å²) in [5.74, 6) is 1.24. The molecule has 1 amide bonds. The van der Waals surface area contributed by atoms with E-state index in [1.807, 2.05) is 43.5 Å². The van der Waals surface area contributed by atoms with Crippen molar-refractivity contribution in [2.24, 2.45) is 0 Å². The number of pyridine rings is 1. The van der Waals surface area contributed by atoms with Crippen LogP contribution in [0.1, 0.15) is 16.1 Å². The molecule has 0 bridgehead atoms. The van der Waals surface area contributed by atoms with E-state index in [0.717, 1.165) is 10.6 Å². The van der Waals surface area contributed by atoms with Crippen LogP contribution in [0.25, 0.3) is 0 Å². The number of aromatic nitrogens is 1. The van der Waals surface area contributed by atoms with Gasteiger partial charge in [-0.05, 0) is 43.5 Å². The van der Waals surface area contributed by atoms with Crippen molar-refractivity contribution in [3.8, 4) is 11.5 Å². The van der Waals surface area contributed by atoms with Crippen molar-refractivity contribution in [1.29, 1.82) is 0 Å². The van der Waals surface area contributed by atoms with Crippen LogP contribution < -0.4 is 9.47 Å². The van der Waals surface area contributed by atoms with Crippen LogP contribution in [-0.2, 0) is 4.74 Å². The van der Waals surface area contributed by atoms with E-state index in [1.54, 1.807) is 30.0 Å². The Morgan fingerprint density at radius 3 is 2.93 bits per heavy atom. The fourth-order valence-electron chi connectivity index (χ4n) is 2.88. The molecule has 1 fully saturated rings. The number of morpholine rings is 1. The van der Waals surface area contributed by atoms with Crippen LogP contribution in [0.4, 0.5) is 0 Å². The molecule has 1 aliphatic rings. The van der Waals surface area contributed by atoms with Gasteiger partial charge in [0.15, 0.2) is 0 Å². The Bertz CT molecular complexity index is 782. The van der Waals surface area contributed by atoms with E-state index in [0.29, 0.717) is 43.4 Å². The Morgan fingerprint density at radius 2 is 2.22 bits per heavy atom. The molecule has 144 valence electrons. The maximum absolute atomic E-state index is 13.0. The topological polar surface area (TPSA) is 60.9 Å². The molecule has 7 heteroatoms. The number of methoxy groups -OCH3 is 1. The molecule has 0 radical (unpaired) electrons. The molecule has 27 heavy (non-hydrogen) atoms. The van der Waals surface area contributed by atoms with Crippen molar-refractivity contribution in [3.05, 3.63) is 47.8 Å². The van der Waals surface area contributed by atoms with Crippen molar-refractivity contribution in [3.63, 3.8) is 0 Å². The summed E-state index contributed by atoms with van der Waals surface area (Å²) in [5, 5.41) is 0. The van der Waals surface area contributed by atoms with Gasteiger partial charge in [0.25, 0.3) is 5.91 Å². The van der Waals surface area contributed by atoms with Crippen LogP contribution >= 0.6 is 11.8 Å². The normalized spacial score (nSPS) is 16.9. The summed E-state index contributed by atoms with van der Waals surface area (Å²) in [7, 11) is 1.59. The molecule has 1 aromatic heterocycles. The lowest BCUT2D eigenvalue weighted by Gasteiger charge is -2.33. The molecule has 1 unspecified atom stereocenters. The molecule has 2 heterocycles. The Hall–Kier alpha value is -2.25. The quantitative estimate of drug-likeness (QED) is 0.709. The Kier molecular flexibility index (Phi) is 6.58. The molecule has 1 atom stereocenters. The molecule has 0 spiro atoms. The van der Waals surface area contributed by atoms with Gasteiger partial charge < -0.3 is 19.1 Å². The number of amides is 1. The highest BCUT2D eigenvalue weighted by atomic mass is 32.2. The molecule has 6 nitrogen and oxygen atoms in total. The van der Waals surface area contributed by atoms with Crippen molar-refractivity contribution in [1.82, 2.24) is 9.88 Å². The molecule has 1 aliphatic heterocycles. The van der Waals surface area contributed by atoms with Crippen LogP contribution in [-0.4, -0.2) is 61.6 Å². The fourth-order valence-corrected chi connectivity index (χ4v) is 3.31. The van der Waals surface area contributed by atoms with Gasteiger partial charge >= 0.3 is 0 Å². The van der Waals surface area contributed by atoms with Crippen LogP contribution in [0.3, 0.4) is 0 Å². The summed E-state index contributed by atoms with van der Waals surface area (Å²) in [6.07, 6.45) is 3.51. The van der Waals surface area contributed by atoms with E-state index in [2.05, 4.69) is 4.98 Å². The molecule has 1 aromatic carbocycles. The van der Waals surface area contributed by atoms with E-state index in [9.17, 15) is 4.79 Å². The monoisotopic (exact) mass is 388 g/mol. The largest absolute Gasteiger partial charge is 0.496 e. The average molecular weight is 388 g/mol. The highest BCUT2D eigenvalue weighted by molar-refractivity contribution is 7.98. The second kappa shape index (κ2) is 9.10. The summed E-state index contributed by atoms with van der Waals surface area (Å²) in [6.45, 7) is 3.81. The fraction of sp³-hybridized carbons (Fsp3) is 0.400. The van der Waals surface area contributed by atoms with Gasteiger partial charge in [0.1, 0.15) is 24.2 Å². The summed E-state index contributed by atoms with van der Waals surface area (Å²) >= 11 is 1.61. The number of carbonyl (C=O) groups is 1. The smallest absolute Gasteiger partial charge is 0.257 e. The van der Waals surface area contributed by atoms with Crippen LogP contribution in [0, 0.1) is 6.92 Å². The van der Waals surface area contributed by atoms with Gasteiger partial charge in [-0.1, -0.05) is 0 Å². The minimum absolute atomic E-state index is 0.0511. The third-order valence-electron chi connectivity index (χ3n) is 4.39. The first-order valence-electron chi connectivity index (χ1n) is 8.79. The Labute approximate surface area is 163 Å². The van der Waals surface area contributed by atoms with Crippen molar-refractivity contribution < 1.29 is 19.0 Å². The minimum atomic E-state index is -0.180. The molecule has 0 saturated carbocycles. The molecule has 0 N–H and O–H groups in total. The number of rotatable bonds is 6. The number of hydrogen-bond acceptors (Lipinski definition) is 6. The number of aryl methyl sites for hydroxylation is 1. The number of ether oxygens (including phenoxy) is 3. The first kappa shape index (κ1) is 19.5. The lowest BCUT2D eigenvalue weighted by molar-refractivity contribution is -0.0402. The predicted octanol–water partition coefficient (Wildman–Crippen LogP) is 3.04. The Morgan fingerprint density at radius 1 is 1.37 bits per heavy atom. The lowest BCUT2D eigenvalue weighted by atomic mass is 10.1. The summed E-state index contributed by atoms with van der Waals surface area (Å²) in [5.41, 5.74) is 1.51. The molecule has 2 aromatic rings. The SMILES string of the molecule is COc1cc(SC)ccc1C(=O)N1CCOC(COc2ccc(C)nc2)C1. The van der Waals surface area contributed by atoms with Gasteiger partial charge in [-0.3, -0.25) is 9.78 Å². The maximum atomic E-state index is 13.0. The molecule has 0 aliphatic carbocycles. The van der Waals surface area contributed by atoms with Crippen molar-refractivity contribution in [2.45, 2.75) is 17.9 Å². The third kappa shape index (κ3) is 4.93. The van der Waals surface area contributed by atoms with Crippen LogP contribution in [0.5, 0.6) is 11.5 Å². The molecule has 3 rings (SSSR count). The molecular formula is C20H24N2O4S. The highest BCUT2D eigenvalue weighted by Crippen LogP contribution is 2.27. The molecular weight excluding hydrogens is 364 g/mol. The summed E-state index contributed by atoms with van der Waals surface area (Å²) in [6, 6.07) is 9.44. The number of thioether (sulfide) groups is 1. The number of carbonyl (C=O) groups excluding carboxylic acids is 1. The molecule has 1 saturated heterocycles. The van der Waals surface area contributed by atoms with Crippen molar-refractivity contribution in [2.75, 3.05) is 39.7 Å². The van der Waals surface area contributed by atoms with Gasteiger partial charge in [0, 0.05) is 17.1 Å². The zero-order valence-electron chi connectivity index (χ0n) is 15.8. The lowest BCUT2D eigenvalue weighted by Crippen LogP contribution is -2.47. The van der Waals surface area contributed by atoms with E-state index in [1.165, 1.54) is 0 Å². The number of nitrogens with zero attached hydrogens (tertiary/aromatic N) is 2. The number of hydrogen-bond donors (Lipinski definition) is 0. The predicted molar refractivity (Wildman–Crippen MR) is 105 cm³/mol. The second-order valence-corrected chi connectivity index (χ2v) is 7.14. The minimum Gasteiger partial charge on any atom is -0.496 e. The van der Waals surface area contributed by atoms with E-state index in [4.69, 9.17) is 14.2 Å². The number of benzene rings is 1. The summed E-state index contributed by atoms with van der Waals surface area (Å²) in [4.78, 5) is 20.0. The van der Waals surface area contributed by atoms with Crippen LogP contribution in [0.15, 0.2) is 41.4 Å². The van der Waals surface area contributed by atoms with E-state index in [-0.39, 0.29) is 12.0 Å². The van der Waals surface area contributed by atoms with Gasteiger partial charge in [0.2, 0.25) is 0 Å². The van der Waals surface area contributed by atoms with Crippen LogP contribution in [0.2, 0.25) is 0 Å². The van der Waals surface area contributed by atoms with E-state index >= 15 is 0 Å². The standard InChI is InChI=1S/C20H24N2O4S/c1-14-4-5-15(11-21-14)26-13-16-12-22(8-9-25-16)20(23)18-7-6-17(27-3)10-19(18)24-2/h4-7,10-11,16H,8-9,12-13H2,1-3H3. The Balaban J connectivity index is 1.63. The maximum Gasteiger partial charge on any atom is 0.257 e. The van der Waals surface area contributed by atoms with Gasteiger partial charge in [-0.15, -0.1) is 11.8 Å². The van der Waals surface area contributed by atoms with Gasteiger partial charge in [-0.2, -0.15) is 0 Å². The second-order valence-electron chi connectivity index (χ2n) is 6.26.